The van der Waals surface area contributed by atoms with Crippen LogP contribution < -0.4 is 15.1 Å². The Morgan fingerprint density at radius 2 is 1.94 bits per heavy atom. The van der Waals surface area contributed by atoms with Crippen molar-refractivity contribution < 1.29 is 28.2 Å². The Bertz CT molecular complexity index is 972. The first-order chi connectivity index (χ1) is 16.3. The molecule has 0 aromatic heterocycles. The molecule has 1 aliphatic carbocycles. The van der Waals surface area contributed by atoms with Crippen molar-refractivity contribution in [2.75, 3.05) is 42.6 Å². The number of hydrogen-bond acceptors (Lipinski definition) is 6. The van der Waals surface area contributed by atoms with Gasteiger partial charge >= 0.3 is 6.09 Å². The number of fused-ring (bicyclic) bond motifs is 1. The fourth-order valence-electron chi connectivity index (χ4n) is 4.98. The molecule has 2 heterocycles. The van der Waals surface area contributed by atoms with E-state index in [0.29, 0.717) is 42.9 Å². The number of nitrogens with zero attached hydrogens (tertiary/aromatic N) is 2. The average Bonchev–Trinajstić information content (AvgIpc) is 3.07. The molecule has 1 aromatic carbocycles. The molecule has 0 radical (unpaired) electrons. The highest BCUT2D eigenvalue weighted by Crippen LogP contribution is 2.55. The zero-order valence-electron chi connectivity index (χ0n) is 21.5. The van der Waals surface area contributed by atoms with E-state index < -0.39 is 26.6 Å². The van der Waals surface area contributed by atoms with E-state index in [9.17, 15) is 14.7 Å². The molecule has 2 saturated heterocycles. The molecule has 0 bridgehead atoms. The van der Waals surface area contributed by atoms with Gasteiger partial charge in [-0.3, -0.25) is 9.69 Å². The van der Waals surface area contributed by atoms with Crippen molar-refractivity contribution in [3.63, 3.8) is 0 Å². The molecule has 5 atom stereocenters. The monoisotopic (exact) mass is 507 g/mol. The van der Waals surface area contributed by atoms with Gasteiger partial charge in [0.2, 0.25) is 5.91 Å². The molecule has 1 aromatic rings. The molecule has 2 N–H and O–H groups in total. The van der Waals surface area contributed by atoms with Crippen molar-refractivity contribution in [1.82, 2.24) is 5.32 Å². The Hall–Kier alpha value is -2.17. The lowest BCUT2D eigenvalue weighted by Crippen LogP contribution is -2.43. The second-order valence-electron chi connectivity index (χ2n) is 11.6. The number of piperidine rings is 1. The minimum atomic E-state index is -1.91. The third-order valence-electron chi connectivity index (χ3n) is 8.16. The number of aliphatic hydroxyl groups is 1. The number of halogens is 1. The van der Waals surface area contributed by atoms with Gasteiger partial charge < -0.3 is 24.5 Å². The minimum Gasteiger partial charge on any atom is -0.442 e. The van der Waals surface area contributed by atoms with Gasteiger partial charge in [0.1, 0.15) is 11.9 Å². The highest BCUT2D eigenvalue weighted by atomic mass is 28.4. The minimum absolute atomic E-state index is 0.102. The molecule has 1 unspecified atom stereocenters. The smallest absolute Gasteiger partial charge is 0.414 e. The lowest BCUT2D eigenvalue weighted by Gasteiger charge is -2.37. The van der Waals surface area contributed by atoms with Crippen molar-refractivity contribution in [2.24, 2.45) is 17.8 Å². The first-order valence-electron chi connectivity index (χ1n) is 12.4. The molecule has 3 fully saturated rings. The maximum absolute atomic E-state index is 15.1. The Kier molecular flexibility index (Phi) is 6.93. The fraction of sp³-hybridized carbons (Fsp3) is 0.680. The highest BCUT2D eigenvalue weighted by Gasteiger charge is 2.59. The van der Waals surface area contributed by atoms with E-state index in [1.165, 1.54) is 17.9 Å². The summed E-state index contributed by atoms with van der Waals surface area (Å²) in [6.07, 6.45) is -1.50. The molecule has 2 aliphatic heterocycles. The van der Waals surface area contributed by atoms with Crippen LogP contribution in [0.1, 0.15) is 27.7 Å². The van der Waals surface area contributed by atoms with E-state index in [4.69, 9.17) is 9.16 Å². The van der Waals surface area contributed by atoms with Crippen LogP contribution in [0.2, 0.25) is 18.1 Å². The zero-order valence-corrected chi connectivity index (χ0v) is 22.5. The number of amides is 2. The number of hydrogen-bond donors (Lipinski definition) is 2. The summed E-state index contributed by atoms with van der Waals surface area (Å²) in [5.74, 6) is 0.306. The summed E-state index contributed by atoms with van der Waals surface area (Å²) in [7, 11) is -1.91. The van der Waals surface area contributed by atoms with Crippen LogP contribution in [0.3, 0.4) is 0 Å². The van der Waals surface area contributed by atoms with Crippen molar-refractivity contribution in [1.29, 1.82) is 0 Å². The first kappa shape index (κ1) is 25.9. The SMILES string of the molecule is CC(=O)NC[C@H]1CN(c2ccc(N3C[C@@H]4C([C@H](O)CO[Si](C)(C)C(C)(C)C)[C@@H]4C3)c(F)c2)C(=O)O1. The second kappa shape index (κ2) is 9.37. The molecular formula is C25H38FN3O5Si. The molecule has 4 rings (SSSR count). The molecule has 3 aliphatic rings. The van der Waals surface area contributed by atoms with Crippen molar-refractivity contribution in [3.05, 3.63) is 24.0 Å². The predicted octanol–water partition coefficient (Wildman–Crippen LogP) is 3.35. The van der Waals surface area contributed by atoms with Crippen LogP contribution >= 0.6 is 0 Å². The Labute approximate surface area is 207 Å². The molecule has 10 heteroatoms. The standard InChI is InChI=1S/C25H38FN3O5Si/c1-15(30)27-10-17-11-29(24(32)34-17)16-7-8-21(20(26)9-16)28-12-18-19(13-28)23(18)22(31)14-33-35(5,6)25(2,3)4/h7-9,17-19,22-23,31H,10-14H2,1-6H3,(H,27,30)/t17-,18-,19+,22+,23?/m0/s1. The quantitative estimate of drug-likeness (QED) is 0.525. The van der Waals surface area contributed by atoms with Crippen LogP contribution in [0.5, 0.6) is 0 Å². The summed E-state index contributed by atoms with van der Waals surface area (Å²) in [6, 6.07) is 4.79. The van der Waals surface area contributed by atoms with Gasteiger partial charge in [0.05, 0.1) is 37.2 Å². The number of ether oxygens (including phenoxy) is 1. The lowest BCUT2D eigenvalue weighted by atomic mass is 10.1. The molecule has 35 heavy (non-hydrogen) atoms. The number of aliphatic hydroxyl groups excluding tert-OH is 1. The molecule has 8 nitrogen and oxygen atoms in total. The molecule has 1 saturated carbocycles. The van der Waals surface area contributed by atoms with E-state index in [1.54, 1.807) is 12.1 Å². The van der Waals surface area contributed by atoms with Gasteiger partial charge in [0, 0.05) is 20.0 Å². The Balaban J connectivity index is 1.31. The number of nitrogens with one attached hydrogen (secondary N) is 1. The van der Waals surface area contributed by atoms with E-state index in [-0.39, 0.29) is 35.8 Å². The third-order valence-corrected chi connectivity index (χ3v) is 12.7. The normalized spacial score (nSPS) is 27.0. The van der Waals surface area contributed by atoms with Gasteiger partial charge in [0.25, 0.3) is 0 Å². The summed E-state index contributed by atoms with van der Waals surface area (Å²) < 4.78 is 26.5. The summed E-state index contributed by atoms with van der Waals surface area (Å²) >= 11 is 0. The number of rotatable bonds is 8. The maximum Gasteiger partial charge on any atom is 0.414 e. The average molecular weight is 508 g/mol. The van der Waals surface area contributed by atoms with E-state index in [1.807, 2.05) is 4.90 Å². The van der Waals surface area contributed by atoms with Crippen LogP contribution in [0, 0.1) is 23.6 Å². The maximum atomic E-state index is 15.1. The molecular weight excluding hydrogens is 469 g/mol. The summed E-state index contributed by atoms with van der Waals surface area (Å²) in [5, 5.41) is 13.5. The molecule has 0 spiro atoms. The second-order valence-corrected chi connectivity index (χ2v) is 16.4. The number of benzene rings is 1. The number of anilines is 2. The summed E-state index contributed by atoms with van der Waals surface area (Å²) in [6.45, 7) is 14.6. The topological polar surface area (TPSA) is 91.3 Å². The molecule has 194 valence electrons. The lowest BCUT2D eigenvalue weighted by molar-refractivity contribution is -0.119. The van der Waals surface area contributed by atoms with Gasteiger partial charge in [-0.05, 0) is 54.1 Å². The van der Waals surface area contributed by atoms with E-state index in [2.05, 4.69) is 39.2 Å². The largest absolute Gasteiger partial charge is 0.442 e. The van der Waals surface area contributed by atoms with Gasteiger partial charge in [-0.15, -0.1) is 0 Å². The first-order valence-corrected chi connectivity index (χ1v) is 15.3. The fourth-order valence-corrected chi connectivity index (χ4v) is 6.00. The van der Waals surface area contributed by atoms with Gasteiger partial charge in [-0.2, -0.15) is 0 Å². The third kappa shape index (κ3) is 5.34. The highest BCUT2D eigenvalue weighted by molar-refractivity contribution is 6.74. The van der Waals surface area contributed by atoms with Crippen LogP contribution in [-0.4, -0.2) is 70.4 Å². The van der Waals surface area contributed by atoms with Crippen molar-refractivity contribution in [2.45, 2.75) is 58.0 Å². The number of cyclic esters (lactones) is 1. The van der Waals surface area contributed by atoms with Crippen molar-refractivity contribution in [3.8, 4) is 0 Å². The Morgan fingerprint density at radius 3 is 2.51 bits per heavy atom. The van der Waals surface area contributed by atoms with Crippen LogP contribution in [0.25, 0.3) is 0 Å². The predicted molar refractivity (Wildman–Crippen MR) is 135 cm³/mol. The van der Waals surface area contributed by atoms with Gasteiger partial charge in [-0.1, -0.05) is 20.8 Å². The summed E-state index contributed by atoms with van der Waals surface area (Å²) in [5.41, 5.74) is 0.941. The summed E-state index contributed by atoms with van der Waals surface area (Å²) in [4.78, 5) is 26.7. The van der Waals surface area contributed by atoms with E-state index in [0.717, 1.165) is 0 Å². The van der Waals surface area contributed by atoms with Crippen LogP contribution in [0.15, 0.2) is 18.2 Å². The number of carbonyl (C=O) groups excluding carboxylic acids is 2. The Morgan fingerprint density at radius 1 is 1.29 bits per heavy atom. The van der Waals surface area contributed by atoms with Crippen molar-refractivity contribution >= 4 is 31.7 Å². The van der Waals surface area contributed by atoms with Crippen LogP contribution in [0.4, 0.5) is 20.6 Å². The zero-order chi connectivity index (χ0) is 25.7. The van der Waals surface area contributed by atoms with Gasteiger partial charge in [-0.25, -0.2) is 9.18 Å². The van der Waals surface area contributed by atoms with Crippen LogP contribution in [-0.2, 0) is 14.0 Å². The molecule has 2 amide bonds. The number of carbonyl (C=O) groups is 2. The van der Waals surface area contributed by atoms with Gasteiger partial charge in [0.15, 0.2) is 8.32 Å². The van der Waals surface area contributed by atoms with E-state index >= 15 is 4.39 Å².